The topological polar surface area (TPSA) is 105 Å². The Morgan fingerprint density at radius 3 is 2.52 bits per heavy atom. The zero-order chi connectivity index (χ0) is 19.8. The summed E-state index contributed by atoms with van der Waals surface area (Å²) in [5.74, 6) is -1.64. The van der Waals surface area contributed by atoms with Crippen LogP contribution in [-0.2, 0) is 4.74 Å². The number of nitrogens with one attached hydrogen (secondary N) is 1. The van der Waals surface area contributed by atoms with E-state index in [2.05, 4.69) is 15.2 Å². The van der Waals surface area contributed by atoms with Gasteiger partial charge in [-0.3, -0.25) is 4.79 Å². The van der Waals surface area contributed by atoms with Gasteiger partial charge in [0.1, 0.15) is 22.1 Å². The Morgan fingerprint density at radius 2 is 1.96 bits per heavy atom. The molecule has 27 heavy (non-hydrogen) atoms. The third-order valence-electron chi connectivity index (χ3n) is 4.10. The molecule has 1 unspecified atom stereocenters. The van der Waals surface area contributed by atoms with Gasteiger partial charge in [0, 0.05) is 11.6 Å². The van der Waals surface area contributed by atoms with Crippen molar-refractivity contribution in [2.45, 2.75) is 6.92 Å². The largest absolute Gasteiger partial charge is 0.546 e. The van der Waals surface area contributed by atoms with E-state index in [0.29, 0.717) is 4.88 Å². The van der Waals surface area contributed by atoms with E-state index in [1.807, 2.05) is 0 Å². The number of methoxy groups -OCH3 is 1. The number of nitrogens with zero attached hydrogens (tertiary/aromatic N) is 2. The van der Waals surface area contributed by atoms with Crippen molar-refractivity contribution in [2.75, 3.05) is 13.7 Å². The van der Waals surface area contributed by atoms with Crippen molar-refractivity contribution in [3.8, 4) is 0 Å². The fraction of sp³-hybridized carbons (Fsp3) is 0.176. The Labute approximate surface area is 157 Å². The number of esters is 1. The Hall–Kier alpha value is -3.11. The monoisotopic (exact) mass is 392 g/mol. The predicted molar refractivity (Wildman–Crippen MR) is 96.4 cm³/mol. The van der Waals surface area contributed by atoms with Crippen LogP contribution in [0.2, 0.25) is 0 Å². The molecule has 1 atom stereocenters. The minimum Gasteiger partial charge on any atom is -0.465 e. The highest BCUT2D eigenvalue weighted by atomic mass is 32.1. The number of benzene rings is 1. The molecular formula is C17H15FN3O5S+. The maximum Gasteiger partial charge on any atom is 0.546 e. The lowest BCUT2D eigenvalue weighted by Crippen LogP contribution is -2.47. The molecule has 0 spiro atoms. The summed E-state index contributed by atoms with van der Waals surface area (Å²) in [4.78, 5) is 36.7. The molecule has 1 aromatic heterocycles. The molecule has 0 bridgehead atoms. The number of amides is 2. The van der Waals surface area contributed by atoms with Gasteiger partial charge in [-0.15, -0.1) is 11.3 Å². The van der Waals surface area contributed by atoms with Crippen molar-refractivity contribution >= 4 is 40.8 Å². The highest BCUT2D eigenvalue weighted by Gasteiger charge is 2.50. The molecule has 2 aromatic rings. The van der Waals surface area contributed by atoms with E-state index in [1.54, 1.807) is 6.92 Å². The summed E-state index contributed by atoms with van der Waals surface area (Å²) in [7, 11) is 1.22. The normalized spacial score (nSPS) is 17.8. The van der Waals surface area contributed by atoms with Crippen molar-refractivity contribution in [1.82, 2.24) is 9.91 Å². The fourth-order valence-corrected chi connectivity index (χ4v) is 3.74. The average Bonchev–Trinajstić information content (AvgIpc) is 3.21. The van der Waals surface area contributed by atoms with E-state index in [1.165, 1.54) is 25.3 Å². The Morgan fingerprint density at radius 1 is 1.30 bits per heavy atom. The number of hydrogen-bond acceptors (Lipinski definition) is 6. The number of ether oxygens (including phenoxy) is 1. The SMILES string of the molecule is CC[N+]1(C(=O)O)N=C(NC(=O)c2ccc(F)cc2)c2sc(C(=O)OC)cc21. The third kappa shape index (κ3) is 3.09. The number of carbonyl (C=O) groups excluding carboxylic acids is 2. The molecule has 2 amide bonds. The number of thiophene rings is 1. The standard InChI is InChI=1S/C17H14FN3O5S/c1-3-21(17(24)25)11-8-12(16(23)26-2)27-13(11)14(20-21)19-15(22)9-4-6-10(18)7-5-9/h4-8H,3H2,1-2H3,(H-,19,20,22,24,25)/p+1. The summed E-state index contributed by atoms with van der Waals surface area (Å²) in [6, 6.07) is 6.29. The molecule has 1 aliphatic heterocycles. The van der Waals surface area contributed by atoms with E-state index in [4.69, 9.17) is 0 Å². The second-order valence-electron chi connectivity index (χ2n) is 5.59. The number of carboxylic acid groups (broad SMARTS) is 1. The first-order valence-corrected chi connectivity index (χ1v) is 8.65. The molecule has 1 aliphatic rings. The van der Waals surface area contributed by atoms with Gasteiger partial charge >= 0.3 is 12.1 Å². The fourth-order valence-electron chi connectivity index (χ4n) is 2.68. The van der Waals surface area contributed by atoms with E-state index in [0.717, 1.165) is 23.5 Å². The molecule has 0 fully saturated rings. The van der Waals surface area contributed by atoms with Gasteiger partial charge in [0.25, 0.3) is 5.91 Å². The van der Waals surface area contributed by atoms with Gasteiger partial charge < -0.3 is 15.2 Å². The number of fused-ring (bicyclic) bond motifs is 1. The van der Waals surface area contributed by atoms with Crippen molar-refractivity contribution in [3.05, 3.63) is 51.5 Å². The minimum atomic E-state index is -1.25. The second-order valence-corrected chi connectivity index (χ2v) is 6.65. The Bertz CT molecular complexity index is 969. The van der Waals surface area contributed by atoms with Gasteiger partial charge in [-0.2, -0.15) is 4.79 Å². The molecule has 2 heterocycles. The highest BCUT2D eigenvalue weighted by molar-refractivity contribution is 7.16. The van der Waals surface area contributed by atoms with Crippen LogP contribution in [0.3, 0.4) is 0 Å². The highest BCUT2D eigenvalue weighted by Crippen LogP contribution is 2.41. The number of quaternary nitrogens is 1. The summed E-state index contributed by atoms with van der Waals surface area (Å²) in [5.41, 5.74) is 0.451. The van der Waals surface area contributed by atoms with Gasteiger partial charge in [0.05, 0.1) is 7.11 Å². The van der Waals surface area contributed by atoms with E-state index < -0.39 is 28.4 Å². The molecule has 8 nitrogen and oxygen atoms in total. The van der Waals surface area contributed by atoms with Gasteiger partial charge in [-0.25, -0.2) is 9.18 Å². The molecule has 3 rings (SSSR count). The molecule has 0 radical (unpaired) electrons. The van der Waals surface area contributed by atoms with Crippen LogP contribution in [0.25, 0.3) is 0 Å². The van der Waals surface area contributed by atoms with Gasteiger partial charge in [0.15, 0.2) is 5.69 Å². The first-order valence-electron chi connectivity index (χ1n) is 7.84. The summed E-state index contributed by atoms with van der Waals surface area (Å²) in [6.07, 6.45) is -1.25. The Kier molecular flexibility index (Phi) is 4.77. The maximum absolute atomic E-state index is 13.0. The van der Waals surface area contributed by atoms with Crippen molar-refractivity contribution in [3.63, 3.8) is 0 Å². The third-order valence-corrected chi connectivity index (χ3v) is 5.21. The van der Waals surface area contributed by atoms with Crippen LogP contribution in [0.5, 0.6) is 0 Å². The lowest BCUT2D eigenvalue weighted by molar-refractivity contribution is 0.0605. The summed E-state index contributed by atoms with van der Waals surface area (Å²) in [5, 5.41) is 16.4. The lowest BCUT2D eigenvalue weighted by atomic mass is 10.2. The molecule has 0 saturated heterocycles. The number of carbonyl (C=O) groups is 3. The zero-order valence-electron chi connectivity index (χ0n) is 14.4. The molecule has 10 heteroatoms. The lowest BCUT2D eigenvalue weighted by Gasteiger charge is -2.19. The van der Waals surface area contributed by atoms with Crippen LogP contribution in [0, 0.1) is 5.82 Å². The Balaban J connectivity index is 2.02. The smallest absolute Gasteiger partial charge is 0.465 e. The van der Waals surface area contributed by atoms with Crippen LogP contribution in [0.15, 0.2) is 35.4 Å². The second kappa shape index (κ2) is 6.89. The van der Waals surface area contributed by atoms with Crippen LogP contribution in [0.1, 0.15) is 31.8 Å². The quantitative estimate of drug-likeness (QED) is 0.617. The summed E-state index contributed by atoms with van der Waals surface area (Å²) < 4.78 is 16.9. The average molecular weight is 392 g/mol. The zero-order valence-corrected chi connectivity index (χ0v) is 15.2. The van der Waals surface area contributed by atoms with Gasteiger partial charge in [0.2, 0.25) is 5.84 Å². The number of amidine groups is 1. The van der Waals surface area contributed by atoms with Gasteiger partial charge in [-0.05, 0) is 36.3 Å². The first-order chi connectivity index (χ1) is 12.8. The van der Waals surface area contributed by atoms with Crippen molar-refractivity contribution in [1.29, 1.82) is 0 Å². The van der Waals surface area contributed by atoms with Crippen molar-refractivity contribution in [2.24, 2.45) is 5.10 Å². The molecule has 2 N–H and O–H groups in total. The minimum absolute atomic E-state index is 0.0312. The molecule has 1 aromatic carbocycles. The number of rotatable bonds is 3. The maximum atomic E-state index is 13.0. The van der Waals surface area contributed by atoms with Crippen LogP contribution in [0.4, 0.5) is 14.9 Å². The van der Waals surface area contributed by atoms with Gasteiger partial charge in [-0.1, -0.05) is 4.59 Å². The van der Waals surface area contributed by atoms with E-state index in [9.17, 15) is 23.9 Å². The molecular weight excluding hydrogens is 377 g/mol. The van der Waals surface area contributed by atoms with E-state index in [-0.39, 0.29) is 28.5 Å². The number of halogens is 1. The predicted octanol–water partition coefficient (Wildman–Crippen LogP) is 2.78. The summed E-state index contributed by atoms with van der Waals surface area (Å²) >= 11 is 0.978. The molecule has 0 aliphatic carbocycles. The number of hydrogen-bond donors (Lipinski definition) is 2. The molecule has 140 valence electrons. The van der Waals surface area contributed by atoms with Crippen molar-refractivity contribution < 1.29 is 28.6 Å². The van der Waals surface area contributed by atoms with Crippen LogP contribution in [-0.4, -0.2) is 42.6 Å². The van der Waals surface area contributed by atoms with E-state index >= 15 is 0 Å². The molecule has 0 saturated carbocycles. The van der Waals surface area contributed by atoms with Crippen LogP contribution < -0.4 is 9.91 Å². The first kappa shape index (κ1) is 18.7. The summed E-state index contributed by atoms with van der Waals surface area (Å²) in [6.45, 7) is 1.69. The van der Waals surface area contributed by atoms with Crippen LogP contribution >= 0.6 is 11.3 Å².